The third-order valence-electron chi connectivity index (χ3n) is 8.13. The van der Waals surface area contributed by atoms with E-state index < -0.39 is 0 Å². The van der Waals surface area contributed by atoms with Gasteiger partial charge in [0.1, 0.15) is 17.2 Å². The van der Waals surface area contributed by atoms with Crippen LogP contribution in [-0.2, 0) is 0 Å². The summed E-state index contributed by atoms with van der Waals surface area (Å²) in [6.07, 6.45) is 7.48. The summed E-state index contributed by atoms with van der Waals surface area (Å²) in [6, 6.07) is 36.7. The van der Waals surface area contributed by atoms with Gasteiger partial charge in [-0.1, -0.05) is 97.1 Å². The summed E-state index contributed by atoms with van der Waals surface area (Å²) in [5.41, 5.74) is 8.94. The van der Waals surface area contributed by atoms with Crippen LogP contribution in [0.15, 0.2) is 133 Å². The van der Waals surface area contributed by atoms with Crippen molar-refractivity contribution in [3.8, 4) is 17.1 Å². The van der Waals surface area contributed by atoms with E-state index >= 15 is 0 Å². The quantitative estimate of drug-likeness (QED) is 0.241. The maximum Gasteiger partial charge on any atom is 0.166 e. The highest BCUT2D eigenvalue weighted by molar-refractivity contribution is 6.16. The molecule has 4 aromatic heterocycles. The van der Waals surface area contributed by atoms with Gasteiger partial charge in [0.05, 0.1) is 34.8 Å². The predicted molar refractivity (Wildman–Crippen MR) is 175 cm³/mol. The average molecular weight is 569 g/mol. The molecule has 0 bridgehead atoms. The molecule has 8 aromatic rings. The second-order valence-corrected chi connectivity index (χ2v) is 10.7. The standard InChI is InChI=1S/C36H24N8/c1-3-11-23(12-4-1)33-37-19-25(20-38-33)43-29-17-9-7-15-27(29)31-35(43)42-36-32(41-31)28-16-8-10-18-30(28)44(36)26-21-39-34(40-22-26)24-13-5-2-6-14-24/h1-22,33,37H. The van der Waals surface area contributed by atoms with E-state index in [2.05, 4.69) is 50.8 Å². The third-order valence-corrected chi connectivity index (χ3v) is 8.13. The Balaban J connectivity index is 1.26. The van der Waals surface area contributed by atoms with Gasteiger partial charge in [-0.15, -0.1) is 0 Å². The molecule has 9 rings (SSSR count). The Kier molecular flexibility index (Phi) is 5.39. The van der Waals surface area contributed by atoms with E-state index in [-0.39, 0.29) is 6.17 Å². The van der Waals surface area contributed by atoms with Crippen LogP contribution in [-0.4, -0.2) is 35.3 Å². The minimum absolute atomic E-state index is 0.146. The van der Waals surface area contributed by atoms with Crippen LogP contribution < -0.4 is 5.32 Å². The van der Waals surface area contributed by atoms with E-state index in [4.69, 9.17) is 24.9 Å². The molecule has 1 N–H and O–H groups in total. The lowest BCUT2D eigenvalue weighted by Crippen LogP contribution is -2.19. The van der Waals surface area contributed by atoms with Crippen LogP contribution in [0.5, 0.6) is 0 Å². The Morgan fingerprint density at radius 2 is 1.18 bits per heavy atom. The molecule has 8 nitrogen and oxygen atoms in total. The number of allylic oxidation sites excluding steroid dienone is 1. The predicted octanol–water partition coefficient (Wildman–Crippen LogP) is 7.31. The monoisotopic (exact) mass is 568 g/mol. The number of rotatable bonds is 4. The number of hydrogen-bond donors (Lipinski definition) is 1. The van der Waals surface area contributed by atoms with Gasteiger partial charge in [-0.25, -0.2) is 19.9 Å². The van der Waals surface area contributed by atoms with Crippen LogP contribution in [0.25, 0.3) is 66.9 Å². The number of aliphatic imine (C=N–C) groups is 1. The SMILES string of the molecule is C1=NC(c2ccccc2)NC=C1n1c2ccccc2c2nc3c4ccccc4n(-c4cnc(-c5ccccc5)nc4)c3nc21. The number of nitrogens with one attached hydrogen (secondary N) is 1. The number of benzene rings is 4. The van der Waals surface area contributed by atoms with E-state index in [1.807, 2.05) is 97.6 Å². The topological polar surface area (TPSA) is 85.8 Å². The lowest BCUT2D eigenvalue weighted by atomic mass is 10.1. The third kappa shape index (κ3) is 3.74. The normalized spacial score (nSPS) is 14.8. The molecule has 5 heterocycles. The number of nitrogens with zero attached hydrogens (tertiary/aromatic N) is 7. The molecule has 0 spiro atoms. The van der Waals surface area contributed by atoms with Gasteiger partial charge in [0.15, 0.2) is 17.1 Å². The summed E-state index contributed by atoms with van der Waals surface area (Å²) in [5.74, 6) is 0.675. The Hall–Kier alpha value is -6.15. The van der Waals surface area contributed by atoms with E-state index in [0.717, 1.165) is 66.6 Å². The van der Waals surface area contributed by atoms with Crippen LogP contribution >= 0.6 is 0 Å². The molecule has 0 radical (unpaired) electrons. The van der Waals surface area contributed by atoms with E-state index in [1.165, 1.54) is 0 Å². The zero-order valence-electron chi connectivity index (χ0n) is 23.4. The smallest absolute Gasteiger partial charge is 0.166 e. The minimum atomic E-state index is -0.146. The molecule has 1 aliphatic rings. The fourth-order valence-electron chi connectivity index (χ4n) is 6.09. The Morgan fingerprint density at radius 1 is 0.591 bits per heavy atom. The van der Waals surface area contributed by atoms with Crippen molar-refractivity contribution in [1.29, 1.82) is 0 Å². The van der Waals surface area contributed by atoms with Crippen LogP contribution in [0.1, 0.15) is 11.7 Å². The summed E-state index contributed by atoms with van der Waals surface area (Å²) in [6.45, 7) is 0. The molecule has 0 saturated carbocycles. The minimum Gasteiger partial charge on any atom is -0.364 e. The number of fused-ring (bicyclic) bond motifs is 6. The Morgan fingerprint density at radius 3 is 1.84 bits per heavy atom. The highest BCUT2D eigenvalue weighted by Crippen LogP contribution is 2.35. The van der Waals surface area contributed by atoms with Crippen molar-refractivity contribution >= 4 is 56.0 Å². The van der Waals surface area contributed by atoms with Crippen molar-refractivity contribution in [2.45, 2.75) is 6.17 Å². The molecule has 0 saturated heterocycles. The highest BCUT2D eigenvalue weighted by Gasteiger charge is 2.22. The molecule has 0 fully saturated rings. The molecule has 0 amide bonds. The van der Waals surface area contributed by atoms with E-state index in [1.54, 1.807) is 0 Å². The van der Waals surface area contributed by atoms with Crippen LogP contribution in [0.4, 0.5) is 0 Å². The van der Waals surface area contributed by atoms with Gasteiger partial charge in [-0.2, -0.15) is 0 Å². The highest BCUT2D eigenvalue weighted by atomic mass is 15.2. The second kappa shape index (κ2) is 9.71. The van der Waals surface area contributed by atoms with Gasteiger partial charge in [-0.3, -0.25) is 14.1 Å². The van der Waals surface area contributed by atoms with Crippen molar-refractivity contribution < 1.29 is 0 Å². The molecular formula is C36H24N8. The number of para-hydroxylation sites is 2. The van der Waals surface area contributed by atoms with Gasteiger partial charge < -0.3 is 5.32 Å². The molecule has 1 aliphatic heterocycles. The number of hydrogen-bond acceptors (Lipinski definition) is 6. The van der Waals surface area contributed by atoms with Crippen molar-refractivity contribution in [1.82, 2.24) is 34.4 Å². The summed E-state index contributed by atoms with van der Waals surface area (Å²) in [4.78, 5) is 24.9. The maximum atomic E-state index is 5.34. The van der Waals surface area contributed by atoms with Crippen LogP contribution in [0, 0.1) is 0 Å². The van der Waals surface area contributed by atoms with Gasteiger partial charge in [0.25, 0.3) is 0 Å². The zero-order chi connectivity index (χ0) is 29.0. The summed E-state index contributed by atoms with van der Waals surface area (Å²) < 4.78 is 4.23. The summed E-state index contributed by atoms with van der Waals surface area (Å²) in [7, 11) is 0. The summed E-state index contributed by atoms with van der Waals surface area (Å²) >= 11 is 0. The van der Waals surface area contributed by atoms with Gasteiger partial charge in [0.2, 0.25) is 0 Å². The van der Waals surface area contributed by atoms with E-state index in [9.17, 15) is 0 Å². The fraction of sp³-hybridized carbons (Fsp3) is 0.0278. The molecular weight excluding hydrogens is 544 g/mol. The molecule has 0 aliphatic carbocycles. The first kappa shape index (κ1) is 24.4. The molecule has 44 heavy (non-hydrogen) atoms. The van der Waals surface area contributed by atoms with Crippen molar-refractivity contribution in [2.24, 2.45) is 4.99 Å². The average Bonchev–Trinajstić information content (AvgIpc) is 3.60. The number of aromatic nitrogens is 6. The summed E-state index contributed by atoms with van der Waals surface area (Å²) in [5, 5.41) is 5.52. The van der Waals surface area contributed by atoms with E-state index in [0.29, 0.717) is 5.82 Å². The largest absolute Gasteiger partial charge is 0.364 e. The van der Waals surface area contributed by atoms with Crippen LogP contribution in [0.2, 0.25) is 0 Å². The lowest BCUT2D eigenvalue weighted by Gasteiger charge is -2.19. The van der Waals surface area contributed by atoms with Crippen molar-refractivity contribution in [2.75, 3.05) is 0 Å². The Labute approximate surface area is 251 Å². The fourth-order valence-corrected chi connectivity index (χ4v) is 6.09. The molecule has 8 heteroatoms. The van der Waals surface area contributed by atoms with Gasteiger partial charge >= 0.3 is 0 Å². The van der Waals surface area contributed by atoms with Crippen molar-refractivity contribution in [3.05, 3.63) is 133 Å². The van der Waals surface area contributed by atoms with Crippen LogP contribution in [0.3, 0.4) is 0 Å². The first-order valence-corrected chi connectivity index (χ1v) is 14.5. The molecule has 208 valence electrons. The first-order valence-electron chi connectivity index (χ1n) is 14.5. The lowest BCUT2D eigenvalue weighted by molar-refractivity contribution is 0.652. The maximum absolute atomic E-state index is 5.34. The molecule has 1 atom stereocenters. The molecule has 4 aromatic carbocycles. The van der Waals surface area contributed by atoms with Gasteiger partial charge in [0, 0.05) is 28.8 Å². The van der Waals surface area contributed by atoms with Crippen molar-refractivity contribution in [3.63, 3.8) is 0 Å². The molecule has 1 unspecified atom stereocenters. The first-order chi connectivity index (χ1) is 21.8. The second-order valence-electron chi connectivity index (χ2n) is 10.7. The van der Waals surface area contributed by atoms with Gasteiger partial charge in [-0.05, 0) is 17.7 Å². The zero-order valence-corrected chi connectivity index (χ0v) is 23.4. The Bertz CT molecular complexity index is 2400.